The molecule has 0 aliphatic rings. The summed E-state index contributed by atoms with van der Waals surface area (Å²) in [6.45, 7) is 14.8. The summed E-state index contributed by atoms with van der Waals surface area (Å²) in [5.74, 6) is -0.160. The van der Waals surface area contributed by atoms with Gasteiger partial charge in [0.2, 0.25) is 0 Å². The van der Waals surface area contributed by atoms with Crippen LogP contribution >= 0.6 is 11.3 Å². The predicted molar refractivity (Wildman–Crippen MR) is 130 cm³/mol. The number of rotatable bonds is 11. The van der Waals surface area contributed by atoms with Crippen molar-refractivity contribution in [3.63, 3.8) is 0 Å². The Hall–Kier alpha value is -1.89. The maximum absolute atomic E-state index is 10.8. The summed E-state index contributed by atoms with van der Waals surface area (Å²) in [4.78, 5) is 13.1. The minimum absolute atomic E-state index is 0.130. The van der Waals surface area contributed by atoms with Gasteiger partial charge in [0.05, 0.1) is 12.7 Å². The Labute approximate surface area is 196 Å². The van der Waals surface area contributed by atoms with E-state index in [4.69, 9.17) is 14.6 Å². The Bertz CT molecular complexity index is 905. The molecule has 0 saturated heterocycles. The number of carboxylic acid groups (broad SMARTS) is 1. The summed E-state index contributed by atoms with van der Waals surface area (Å²) in [6, 6.07) is 8.56. The van der Waals surface area contributed by atoms with Gasteiger partial charge in [0.15, 0.2) is 0 Å². The minimum Gasteiger partial charge on any atom is -0.491 e. The second kappa shape index (κ2) is 10.8. The van der Waals surface area contributed by atoms with E-state index in [-0.39, 0.29) is 24.0 Å². The molecule has 1 atom stereocenters. The van der Waals surface area contributed by atoms with Crippen LogP contribution in [0.15, 0.2) is 24.3 Å². The highest BCUT2D eigenvalue weighted by Crippen LogP contribution is 2.44. The molecular weight excluding hydrogens is 424 g/mol. The second-order valence-corrected chi connectivity index (χ2v) is 10.7. The van der Waals surface area contributed by atoms with Gasteiger partial charge in [-0.3, -0.25) is 0 Å². The second-order valence-electron chi connectivity index (χ2n) is 9.57. The Morgan fingerprint density at radius 2 is 1.75 bits per heavy atom. The maximum atomic E-state index is 10.8. The molecule has 2 N–H and O–H groups in total. The molecule has 0 unspecified atom stereocenters. The molecule has 6 heteroatoms. The summed E-state index contributed by atoms with van der Waals surface area (Å²) >= 11 is 1.71. The van der Waals surface area contributed by atoms with Gasteiger partial charge in [-0.25, -0.2) is 4.79 Å². The van der Waals surface area contributed by atoms with E-state index in [0.29, 0.717) is 6.61 Å². The van der Waals surface area contributed by atoms with E-state index in [1.54, 1.807) is 11.3 Å². The first-order valence-electron chi connectivity index (χ1n) is 11.3. The Kier molecular flexibility index (Phi) is 8.91. The first-order valence-corrected chi connectivity index (χ1v) is 12.1. The van der Waals surface area contributed by atoms with Gasteiger partial charge in [-0.15, -0.1) is 11.3 Å². The van der Waals surface area contributed by atoms with Crippen LogP contribution in [0.5, 0.6) is 5.75 Å². The average Bonchev–Trinajstić information content (AvgIpc) is 3.08. The lowest BCUT2D eigenvalue weighted by atomic mass is 9.74. The monoisotopic (exact) mass is 462 g/mol. The molecule has 2 aromatic rings. The molecule has 0 amide bonds. The third-order valence-electron chi connectivity index (χ3n) is 6.28. The molecule has 0 fully saturated rings. The highest BCUT2D eigenvalue weighted by Gasteiger charge is 2.33. The zero-order valence-corrected chi connectivity index (χ0v) is 21.3. The fourth-order valence-electron chi connectivity index (χ4n) is 3.81. The normalized spacial score (nSPS) is 13.2. The van der Waals surface area contributed by atoms with Crippen LogP contribution in [0.25, 0.3) is 0 Å². The van der Waals surface area contributed by atoms with Crippen LogP contribution in [0.1, 0.15) is 73.9 Å². The average molecular weight is 463 g/mol. The standard InChI is InChI=1S/C26H38O5S/c1-8-26(9-2,23-13-18(4)21(32-23)14-30-16-24(28)29)19-10-11-20(17(3)12-19)31-15-22(27)25(5,6)7/h10-13,22,27H,8-9,14-16H2,1-7H3,(H,28,29)/t22-/m1/s1. The van der Waals surface area contributed by atoms with Gasteiger partial charge in [-0.1, -0.05) is 46.8 Å². The summed E-state index contributed by atoms with van der Waals surface area (Å²) in [5, 5.41) is 19.1. The molecule has 0 spiro atoms. The minimum atomic E-state index is -0.955. The molecule has 1 heterocycles. The number of hydrogen-bond acceptors (Lipinski definition) is 5. The Balaban J connectivity index is 2.29. The number of thiophene rings is 1. The van der Waals surface area contributed by atoms with Gasteiger partial charge in [0.25, 0.3) is 0 Å². The van der Waals surface area contributed by atoms with E-state index in [1.807, 2.05) is 33.8 Å². The van der Waals surface area contributed by atoms with Gasteiger partial charge in [0.1, 0.15) is 19.0 Å². The summed E-state index contributed by atoms with van der Waals surface area (Å²) < 4.78 is 11.3. The fourth-order valence-corrected chi connectivity index (χ4v) is 5.27. The molecule has 32 heavy (non-hydrogen) atoms. The van der Waals surface area contributed by atoms with Crippen LogP contribution in [0, 0.1) is 19.3 Å². The molecular formula is C26H38O5S. The van der Waals surface area contributed by atoms with Gasteiger partial charge in [-0.2, -0.15) is 0 Å². The zero-order chi connectivity index (χ0) is 24.1. The number of carboxylic acids is 1. The fraction of sp³-hybridized carbons (Fsp3) is 0.577. The molecule has 1 aromatic heterocycles. The van der Waals surface area contributed by atoms with Crippen LogP contribution in [0.2, 0.25) is 0 Å². The number of carbonyl (C=O) groups is 1. The van der Waals surface area contributed by atoms with E-state index in [9.17, 15) is 9.90 Å². The first kappa shape index (κ1) is 26.4. The van der Waals surface area contributed by atoms with Crippen molar-refractivity contribution in [1.82, 2.24) is 0 Å². The zero-order valence-electron chi connectivity index (χ0n) is 20.4. The van der Waals surface area contributed by atoms with E-state index in [1.165, 1.54) is 10.4 Å². The largest absolute Gasteiger partial charge is 0.491 e. The van der Waals surface area contributed by atoms with E-state index < -0.39 is 12.1 Å². The van der Waals surface area contributed by atoms with Gasteiger partial charge in [-0.05, 0) is 60.9 Å². The molecule has 0 aliphatic carbocycles. The molecule has 2 rings (SSSR count). The van der Waals surface area contributed by atoms with Gasteiger partial charge < -0.3 is 19.7 Å². The number of hydrogen-bond donors (Lipinski definition) is 2. The highest BCUT2D eigenvalue weighted by molar-refractivity contribution is 7.12. The lowest BCUT2D eigenvalue weighted by Gasteiger charge is -2.32. The Morgan fingerprint density at radius 1 is 1.09 bits per heavy atom. The van der Waals surface area contributed by atoms with Crippen LogP contribution in [0.4, 0.5) is 0 Å². The lowest BCUT2D eigenvalue weighted by molar-refractivity contribution is -0.142. The molecule has 0 aliphatic heterocycles. The Morgan fingerprint density at radius 3 is 2.28 bits per heavy atom. The quantitative estimate of drug-likeness (QED) is 0.437. The van der Waals surface area contributed by atoms with Crippen LogP contribution in [-0.2, 0) is 21.6 Å². The van der Waals surface area contributed by atoms with Crippen molar-refractivity contribution in [2.75, 3.05) is 13.2 Å². The van der Waals surface area contributed by atoms with E-state index >= 15 is 0 Å². The molecule has 1 aromatic carbocycles. The molecule has 5 nitrogen and oxygen atoms in total. The molecule has 178 valence electrons. The predicted octanol–water partition coefficient (Wildman–Crippen LogP) is 5.86. The van der Waals surface area contributed by atoms with Crippen molar-refractivity contribution in [3.05, 3.63) is 50.7 Å². The van der Waals surface area contributed by atoms with Crippen molar-refractivity contribution in [2.24, 2.45) is 5.41 Å². The van der Waals surface area contributed by atoms with Crippen LogP contribution < -0.4 is 4.74 Å². The molecule has 0 bridgehead atoms. The summed E-state index contributed by atoms with van der Waals surface area (Å²) in [6.07, 6.45) is 1.35. The summed E-state index contributed by atoms with van der Waals surface area (Å²) in [5.41, 5.74) is 3.07. The van der Waals surface area contributed by atoms with Gasteiger partial charge >= 0.3 is 5.97 Å². The number of benzene rings is 1. The van der Waals surface area contributed by atoms with Crippen molar-refractivity contribution in [1.29, 1.82) is 0 Å². The first-order chi connectivity index (χ1) is 14.9. The van der Waals surface area contributed by atoms with Crippen LogP contribution in [0.3, 0.4) is 0 Å². The topological polar surface area (TPSA) is 76.0 Å². The lowest BCUT2D eigenvalue weighted by Crippen LogP contribution is -2.32. The number of ether oxygens (including phenoxy) is 2. The third kappa shape index (κ3) is 6.12. The van der Waals surface area contributed by atoms with Crippen molar-refractivity contribution in [2.45, 2.75) is 79.4 Å². The SMILES string of the molecule is CCC(CC)(c1ccc(OC[C@@H](O)C(C)(C)C)c(C)c1)c1cc(C)c(COCC(=O)O)s1. The van der Waals surface area contributed by atoms with Gasteiger partial charge in [0, 0.05) is 15.2 Å². The number of aliphatic hydroxyl groups excluding tert-OH is 1. The summed E-state index contributed by atoms with van der Waals surface area (Å²) in [7, 11) is 0. The highest BCUT2D eigenvalue weighted by atomic mass is 32.1. The van der Waals surface area contributed by atoms with Crippen LogP contribution in [-0.4, -0.2) is 35.5 Å². The van der Waals surface area contributed by atoms with Crippen molar-refractivity contribution >= 4 is 17.3 Å². The number of aryl methyl sites for hydroxylation is 2. The van der Waals surface area contributed by atoms with E-state index in [0.717, 1.165) is 34.6 Å². The third-order valence-corrected chi connectivity index (χ3v) is 7.70. The molecule has 0 radical (unpaired) electrons. The van der Waals surface area contributed by atoms with Crippen molar-refractivity contribution < 1.29 is 24.5 Å². The maximum Gasteiger partial charge on any atom is 0.329 e. The smallest absolute Gasteiger partial charge is 0.329 e. The number of aliphatic carboxylic acids is 1. The van der Waals surface area contributed by atoms with E-state index in [2.05, 4.69) is 39.0 Å². The number of aliphatic hydroxyl groups is 1. The molecule has 0 saturated carbocycles. The van der Waals surface area contributed by atoms with Crippen molar-refractivity contribution in [3.8, 4) is 5.75 Å².